The van der Waals surface area contributed by atoms with Crippen molar-refractivity contribution in [2.45, 2.75) is 19.6 Å². The molecule has 2 aromatic carbocycles. The molecule has 0 saturated heterocycles. The Labute approximate surface area is 157 Å². The van der Waals surface area contributed by atoms with Crippen molar-refractivity contribution in [3.8, 4) is 0 Å². The molecule has 1 heterocycles. The number of aryl methyl sites for hydroxylation is 1. The van der Waals surface area contributed by atoms with Crippen molar-refractivity contribution in [3.05, 3.63) is 65.5 Å². The van der Waals surface area contributed by atoms with Gasteiger partial charge >= 0.3 is 0 Å². The first kappa shape index (κ1) is 18.6. The van der Waals surface area contributed by atoms with E-state index in [2.05, 4.69) is 10.3 Å². The van der Waals surface area contributed by atoms with Crippen molar-refractivity contribution in [2.75, 3.05) is 6.61 Å². The van der Waals surface area contributed by atoms with Gasteiger partial charge in [0.05, 0.1) is 11.0 Å². The van der Waals surface area contributed by atoms with Crippen LogP contribution in [0.4, 0.5) is 0 Å². The Morgan fingerprint density at radius 1 is 1.26 bits per heavy atom. The van der Waals surface area contributed by atoms with Gasteiger partial charge in [-0.25, -0.2) is 4.98 Å². The van der Waals surface area contributed by atoms with Crippen LogP contribution in [0.3, 0.4) is 0 Å². The first-order valence-corrected chi connectivity index (χ1v) is 8.75. The summed E-state index contributed by atoms with van der Waals surface area (Å²) in [5.74, 6) is 0.345. The largest absolute Gasteiger partial charge is 0.384 e. The summed E-state index contributed by atoms with van der Waals surface area (Å²) in [5, 5.41) is 10.3. The Hall–Kier alpha value is -3.19. The van der Waals surface area contributed by atoms with Crippen molar-refractivity contribution in [1.82, 2.24) is 14.9 Å². The fourth-order valence-corrected chi connectivity index (χ4v) is 2.92. The lowest BCUT2D eigenvalue weighted by molar-refractivity contribution is -0.133. The van der Waals surface area contributed by atoms with Gasteiger partial charge in [-0.2, -0.15) is 0 Å². The van der Waals surface area contributed by atoms with Crippen LogP contribution in [0.2, 0.25) is 0 Å². The number of hydrogen-bond acceptors (Lipinski definition) is 4. The second-order valence-corrected chi connectivity index (χ2v) is 6.18. The highest BCUT2D eigenvalue weighted by molar-refractivity contribution is 5.94. The molecule has 0 aliphatic heterocycles. The van der Waals surface area contributed by atoms with E-state index < -0.39 is 6.10 Å². The van der Waals surface area contributed by atoms with E-state index in [4.69, 9.17) is 15.9 Å². The van der Waals surface area contributed by atoms with Crippen LogP contribution in [0.25, 0.3) is 11.0 Å². The molecular weight excluding hydrogens is 342 g/mol. The number of nitrogen functional groups attached to an aromatic ring is 1. The standard InChI is InChI=1S/C20H23N5O2/c1-3-27-17(19-24-15-6-4-5-7-16(15)25(19)2)20(26)23-12-13-8-10-14(11-9-13)18(21)22/h4-11,17H,3,12H2,1-2H3,(H3,21,22)(H,23,26). The van der Waals surface area contributed by atoms with E-state index in [9.17, 15) is 4.79 Å². The Morgan fingerprint density at radius 3 is 2.59 bits per heavy atom. The summed E-state index contributed by atoms with van der Waals surface area (Å²) in [7, 11) is 1.88. The number of nitrogens with one attached hydrogen (secondary N) is 2. The SMILES string of the molecule is CCOC(C(=O)NCc1ccc(C(=N)N)cc1)c1nc2ccccc2n1C. The fraction of sp³-hybridized carbons (Fsp3) is 0.250. The van der Waals surface area contributed by atoms with Crippen LogP contribution in [0.1, 0.15) is 30.0 Å². The van der Waals surface area contributed by atoms with Crippen LogP contribution < -0.4 is 11.1 Å². The monoisotopic (exact) mass is 365 g/mol. The molecule has 7 heteroatoms. The van der Waals surface area contributed by atoms with Crippen LogP contribution >= 0.6 is 0 Å². The van der Waals surface area contributed by atoms with Crippen LogP contribution in [0, 0.1) is 5.41 Å². The number of hydrogen-bond donors (Lipinski definition) is 3. The summed E-state index contributed by atoms with van der Waals surface area (Å²) in [4.78, 5) is 17.3. The van der Waals surface area contributed by atoms with E-state index in [1.54, 1.807) is 12.1 Å². The van der Waals surface area contributed by atoms with Crippen molar-refractivity contribution in [3.63, 3.8) is 0 Å². The van der Waals surface area contributed by atoms with Crippen LogP contribution in [-0.2, 0) is 23.1 Å². The Kier molecular flexibility index (Phi) is 5.52. The predicted molar refractivity (Wildman–Crippen MR) is 104 cm³/mol. The third-order valence-corrected chi connectivity index (χ3v) is 4.36. The summed E-state index contributed by atoms with van der Waals surface area (Å²) in [6, 6.07) is 14.9. The molecule has 1 amide bonds. The number of ether oxygens (including phenoxy) is 1. The highest BCUT2D eigenvalue weighted by atomic mass is 16.5. The number of rotatable bonds is 7. The second kappa shape index (κ2) is 8.01. The second-order valence-electron chi connectivity index (χ2n) is 6.18. The van der Waals surface area contributed by atoms with Gasteiger partial charge < -0.3 is 20.4 Å². The maximum absolute atomic E-state index is 12.8. The molecule has 0 spiro atoms. The average Bonchev–Trinajstić information content (AvgIpc) is 3.01. The zero-order valence-corrected chi connectivity index (χ0v) is 15.4. The van der Waals surface area contributed by atoms with E-state index in [-0.39, 0.29) is 11.7 Å². The lowest BCUT2D eigenvalue weighted by atomic mass is 10.1. The third-order valence-electron chi connectivity index (χ3n) is 4.36. The van der Waals surface area contributed by atoms with Gasteiger partial charge in [0, 0.05) is 25.8 Å². The van der Waals surface area contributed by atoms with Crippen molar-refractivity contribution in [2.24, 2.45) is 12.8 Å². The van der Waals surface area contributed by atoms with E-state index in [0.717, 1.165) is 16.6 Å². The number of amides is 1. The molecule has 0 bridgehead atoms. The van der Waals surface area contributed by atoms with Crippen molar-refractivity contribution >= 4 is 22.8 Å². The fourth-order valence-electron chi connectivity index (χ4n) is 2.92. The molecular formula is C20H23N5O2. The zero-order valence-electron chi connectivity index (χ0n) is 15.4. The number of amidine groups is 1. The number of nitrogens with two attached hydrogens (primary N) is 1. The van der Waals surface area contributed by atoms with Crippen molar-refractivity contribution < 1.29 is 9.53 Å². The molecule has 1 unspecified atom stereocenters. The summed E-state index contributed by atoms with van der Waals surface area (Å²) in [5.41, 5.74) is 8.79. The molecule has 1 atom stereocenters. The van der Waals surface area contributed by atoms with Crippen LogP contribution in [0.5, 0.6) is 0 Å². The highest BCUT2D eigenvalue weighted by Gasteiger charge is 2.26. The summed E-state index contributed by atoms with van der Waals surface area (Å²) in [6.45, 7) is 2.60. The molecule has 0 radical (unpaired) electrons. The van der Waals surface area contributed by atoms with Gasteiger partial charge in [0.1, 0.15) is 11.7 Å². The molecule has 0 saturated carbocycles. The smallest absolute Gasteiger partial charge is 0.257 e. The molecule has 0 aliphatic carbocycles. The highest BCUT2D eigenvalue weighted by Crippen LogP contribution is 2.22. The van der Waals surface area contributed by atoms with Gasteiger partial charge in [-0.15, -0.1) is 0 Å². The lowest BCUT2D eigenvalue weighted by Gasteiger charge is -2.17. The van der Waals surface area contributed by atoms with Crippen LogP contribution in [0.15, 0.2) is 48.5 Å². The number of nitrogens with zero attached hydrogens (tertiary/aromatic N) is 2. The van der Waals surface area contributed by atoms with Crippen LogP contribution in [-0.4, -0.2) is 27.9 Å². The number of benzene rings is 2. The van der Waals surface area contributed by atoms with Gasteiger partial charge in [0.2, 0.25) is 0 Å². The normalized spacial score (nSPS) is 12.1. The number of carbonyl (C=O) groups is 1. The number of fused-ring (bicyclic) bond motifs is 1. The predicted octanol–water partition coefficient (Wildman–Crippen LogP) is 2.25. The zero-order chi connectivity index (χ0) is 19.4. The minimum absolute atomic E-state index is 0.0174. The number of carbonyl (C=O) groups excluding carboxylic acids is 1. The van der Waals surface area contributed by atoms with Gasteiger partial charge in [0.15, 0.2) is 6.10 Å². The van der Waals surface area contributed by atoms with E-state index in [1.165, 1.54) is 0 Å². The lowest BCUT2D eigenvalue weighted by Crippen LogP contribution is -2.32. The Balaban J connectivity index is 1.76. The van der Waals surface area contributed by atoms with Gasteiger partial charge in [0.25, 0.3) is 5.91 Å². The maximum Gasteiger partial charge on any atom is 0.257 e. The Morgan fingerprint density at radius 2 is 1.96 bits per heavy atom. The molecule has 140 valence electrons. The van der Waals surface area contributed by atoms with Crippen molar-refractivity contribution in [1.29, 1.82) is 5.41 Å². The summed E-state index contributed by atoms with van der Waals surface area (Å²) < 4.78 is 7.58. The average molecular weight is 365 g/mol. The van der Waals surface area contributed by atoms with E-state index in [0.29, 0.717) is 24.5 Å². The number of imidazole rings is 1. The molecule has 7 nitrogen and oxygen atoms in total. The molecule has 1 aromatic heterocycles. The maximum atomic E-state index is 12.8. The van der Waals surface area contributed by atoms with Gasteiger partial charge in [-0.1, -0.05) is 36.4 Å². The number of aromatic nitrogens is 2. The van der Waals surface area contributed by atoms with Gasteiger partial charge in [-0.05, 0) is 24.6 Å². The first-order chi connectivity index (χ1) is 13.0. The molecule has 27 heavy (non-hydrogen) atoms. The number of para-hydroxylation sites is 2. The molecule has 0 aliphatic rings. The third kappa shape index (κ3) is 3.98. The summed E-state index contributed by atoms with van der Waals surface area (Å²) >= 11 is 0. The van der Waals surface area contributed by atoms with E-state index >= 15 is 0 Å². The first-order valence-electron chi connectivity index (χ1n) is 8.75. The van der Waals surface area contributed by atoms with Gasteiger partial charge in [-0.3, -0.25) is 10.2 Å². The quantitative estimate of drug-likeness (QED) is 0.441. The topological polar surface area (TPSA) is 106 Å². The summed E-state index contributed by atoms with van der Waals surface area (Å²) in [6.07, 6.45) is -0.788. The molecule has 3 aromatic rings. The minimum Gasteiger partial charge on any atom is -0.384 e. The molecule has 4 N–H and O–H groups in total. The Bertz CT molecular complexity index is 962. The minimum atomic E-state index is -0.788. The van der Waals surface area contributed by atoms with E-state index in [1.807, 2.05) is 54.9 Å². The molecule has 0 fully saturated rings. The molecule has 3 rings (SSSR count).